The van der Waals surface area contributed by atoms with Crippen molar-refractivity contribution in [2.45, 2.75) is 84.2 Å². The van der Waals surface area contributed by atoms with Gasteiger partial charge in [-0.25, -0.2) is 9.78 Å². The van der Waals surface area contributed by atoms with Crippen LogP contribution in [-0.4, -0.2) is 74.7 Å². The molecule has 0 bridgehead atoms. The number of benzene rings is 1. The van der Waals surface area contributed by atoms with Crippen LogP contribution >= 0.6 is 11.3 Å². The van der Waals surface area contributed by atoms with Crippen LogP contribution in [0.1, 0.15) is 64.3 Å². The fourth-order valence-corrected chi connectivity index (χ4v) is 6.21. The van der Waals surface area contributed by atoms with Crippen LogP contribution in [0.2, 0.25) is 0 Å². The minimum absolute atomic E-state index is 0.00924. The molecule has 2 aromatic rings. The third-order valence-electron chi connectivity index (χ3n) is 7.88. The molecule has 5 N–H and O–H groups in total. The summed E-state index contributed by atoms with van der Waals surface area (Å²) < 4.78 is 0. The fourth-order valence-electron chi connectivity index (χ4n) is 5.40. The summed E-state index contributed by atoms with van der Waals surface area (Å²) in [6.45, 7) is 9.30. The van der Waals surface area contributed by atoms with Crippen LogP contribution in [0.15, 0.2) is 29.8 Å². The van der Waals surface area contributed by atoms with E-state index in [1.807, 2.05) is 64.4 Å². The molecule has 4 rings (SSSR count). The number of carboxylic acid groups (broad SMARTS) is 1. The summed E-state index contributed by atoms with van der Waals surface area (Å²) in [4.78, 5) is 57.7. The summed E-state index contributed by atoms with van der Waals surface area (Å²) in [5, 5.41) is 27.5. The number of aromatic nitrogens is 1. The van der Waals surface area contributed by atoms with Crippen molar-refractivity contribution in [3.05, 3.63) is 41.0 Å². The maximum absolute atomic E-state index is 13.8. The molecular weight excluding hydrogens is 546 g/mol. The van der Waals surface area contributed by atoms with Gasteiger partial charge in [-0.15, -0.1) is 11.3 Å². The molecule has 2 heterocycles. The Morgan fingerprint density at radius 2 is 1.71 bits per heavy atom. The van der Waals surface area contributed by atoms with Gasteiger partial charge in [0.05, 0.1) is 28.2 Å². The molecule has 1 aliphatic carbocycles. The number of thiazole rings is 1. The van der Waals surface area contributed by atoms with E-state index in [0.717, 1.165) is 21.7 Å². The van der Waals surface area contributed by atoms with E-state index in [-0.39, 0.29) is 36.9 Å². The number of carbonyl (C=O) groups excluding carboxylic acids is 3. The number of aryl methyl sites for hydroxylation is 1. The van der Waals surface area contributed by atoms with E-state index in [1.165, 1.54) is 4.90 Å². The SMILES string of the molecule is Cc1ncsc1-c1ccc([C@H](C)NC(=O)[C@@H]2C[C@@H](O)CN2C(=O)[C@@H](NC(=O)C2CC(NC(=O)O)C2)C(C)(C)C)cc1. The van der Waals surface area contributed by atoms with E-state index in [2.05, 4.69) is 20.9 Å². The molecule has 4 atom stereocenters. The quantitative estimate of drug-likeness (QED) is 0.318. The fraction of sp³-hybridized carbons (Fsp3) is 0.552. The highest BCUT2D eigenvalue weighted by Gasteiger charge is 2.46. The van der Waals surface area contributed by atoms with Crippen molar-refractivity contribution < 1.29 is 29.4 Å². The number of carbonyl (C=O) groups is 4. The highest BCUT2D eigenvalue weighted by Crippen LogP contribution is 2.31. The molecule has 1 aromatic heterocycles. The third kappa shape index (κ3) is 7.05. The summed E-state index contributed by atoms with van der Waals surface area (Å²) in [5.74, 6) is -1.53. The Morgan fingerprint density at radius 3 is 2.27 bits per heavy atom. The van der Waals surface area contributed by atoms with Gasteiger partial charge in [0.1, 0.15) is 12.1 Å². The van der Waals surface area contributed by atoms with Crippen molar-refractivity contribution in [3.63, 3.8) is 0 Å². The second kappa shape index (κ2) is 12.2. The average molecular weight is 586 g/mol. The van der Waals surface area contributed by atoms with Crippen LogP contribution in [0.3, 0.4) is 0 Å². The summed E-state index contributed by atoms with van der Waals surface area (Å²) in [6.07, 6.45) is -1.17. The van der Waals surface area contributed by atoms with Crippen LogP contribution in [-0.2, 0) is 14.4 Å². The summed E-state index contributed by atoms with van der Waals surface area (Å²) in [6, 6.07) is 5.46. The molecule has 1 saturated heterocycles. The molecule has 1 aromatic carbocycles. The van der Waals surface area contributed by atoms with E-state index in [4.69, 9.17) is 5.11 Å². The smallest absolute Gasteiger partial charge is 0.404 e. The highest BCUT2D eigenvalue weighted by atomic mass is 32.1. The first-order valence-electron chi connectivity index (χ1n) is 13.8. The molecule has 0 unspecified atom stereocenters. The van der Waals surface area contributed by atoms with Crippen molar-refractivity contribution in [2.75, 3.05) is 6.54 Å². The predicted molar refractivity (Wildman–Crippen MR) is 154 cm³/mol. The standard InChI is InChI=1S/C29H39N5O6S/c1-15(17-6-8-18(9-7-17)23-16(2)30-14-41-23)31-26(37)22-12-21(35)13-34(22)27(38)24(29(3,4)5)33-25(36)19-10-20(11-19)32-28(39)40/h6-9,14-15,19-22,24,32,35H,10-13H2,1-5H3,(H,31,37)(H,33,36)(H,39,40)/t15-,19?,20?,21+,22-,24+/m0/s1. The van der Waals surface area contributed by atoms with Crippen molar-refractivity contribution in [2.24, 2.45) is 11.3 Å². The first-order valence-corrected chi connectivity index (χ1v) is 14.7. The van der Waals surface area contributed by atoms with Crippen LogP contribution in [0, 0.1) is 18.3 Å². The van der Waals surface area contributed by atoms with E-state index >= 15 is 0 Å². The minimum atomic E-state index is -1.13. The lowest BCUT2D eigenvalue weighted by Crippen LogP contribution is -2.60. The molecule has 0 radical (unpaired) electrons. The van der Waals surface area contributed by atoms with Gasteiger partial charge in [0.15, 0.2) is 0 Å². The molecule has 12 heteroatoms. The number of hydrogen-bond donors (Lipinski definition) is 5. The summed E-state index contributed by atoms with van der Waals surface area (Å²) in [5.41, 5.74) is 4.05. The number of β-amino-alcohol motifs (C(OH)–C–C–N with tert-alkyl or cyclic N) is 1. The van der Waals surface area contributed by atoms with Crippen LogP contribution in [0.5, 0.6) is 0 Å². The van der Waals surface area contributed by atoms with Gasteiger partial charge in [-0.3, -0.25) is 14.4 Å². The molecule has 0 spiro atoms. The van der Waals surface area contributed by atoms with Gasteiger partial charge >= 0.3 is 6.09 Å². The van der Waals surface area contributed by atoms with Gasteiger partial charge in [0.2, 0.25) is 17.7 Å². The molecule has 2 aliphatic rings. The predicted octanol–water partition coefficient (Wildman–Crippen LogP) is 2.83. The minimum Gasteiger partial charge on any atom is -0.465 e. The zero-order valence-electron chi connectivity index (χ0n) is 24.0. The zero-order chi connectivity index (χ0) is 30.1. The first kappa shape index (κ1) is 30.4. The molecule has 1 aliphatic heterocycles. The Kier molecular flexibility index (Phi) is 9.03. The molecule has 4 amide bonds. The molecule has 2 fully saturated rings. The van der Waals surface area contributed by atoms with Gasteiger partial charge in [0, 0.05) is 24.9 Å². The largest absolute Gasteiger partial charge is 0.465 e. The van der Waals surface area contributed by atoms with E-state index < -0.39 is 41.5 Å². The van der Waals surface area contributed by atoms with E-state index in [1.54, 1.807) is 11.3 Å². The van der Waals surface area contributed by atoms with Crippen LogP contribution < -0.4 is 16.0 Å². The topological polar surface area (TPSA) is 161 Å². The van der Waals surface area contributed by atoms with Crippen molar-refractivity contribution in [3.8, 4) is 10.4 Å². The lowest BCUT2D eigenvalue weighted by atomic mass is 9.78. The number of rotatable bonds is 8. The normalized spacial score (nSPS) is 23.7. The molecule has 11 nitrogen and oxygen atoms in total. The first-order chi connectivity index (χ1) is 19.2. The van der Waals surface area contributed by atoms with Gasteiger partial charge in [0.25, 0.3) is 0 Å². The number of amides is 4. The number of aliphatic hydroxyl groups is 1. The Hall–Kier alpha value is -3.51. The number of nitrogens with zero attached hydrogens (tertiary/aromatic N) is 2. The number of nitrogens with one attached hydrogen (secondary N) is 3. The van der Waals surface area contributed by atoms with E-state index in [9.17, 15) is 24.3 Å². The number of aliphatic hydroxyl groups excluding tert-OH is 1. The summed E-state index contributed by atoms with van der Waals surface area (Å²) >= 11 is 1.57. The van der Waals surface area contributed by atoms with Gasteiger partial charge < -0.3 is 31.1 Å². The Balaban J connectivity index is 1.41. The second-order valence-electron chi connectivity index (χ2n) is 12.1. The van der Waals surface area contributed by atoms with Crippen molar-refractivity contribution in [1.29, 1.82) is 0 Å². The molecule has 41 heavy (non-hydrogen) atoms. The maximum atomic E-state index is 13.8. The zero-order valence-corrected chi connectivity index (χ0v) is 24.8. The second-order valence-corrected chi connectivity index (χ2v) is 13.0. The van der Waals surface area contributed by atoms with Gasteiger partial charge in [-0.05, 0) is 43.2 Å². The lowest BCUT2D eigenvalue weighted by molar-refractivity contribution is -0.145. The van der Waals surface area contributed by atoms with Crippen molar-refractivity contribution >= 4 is 35.2 Å². The van der Waals surface area contributed by atoms with Crippen molar-refractivity contribution in [1.82, 2.24) is 25.8 Å². The van der Waals surface area contributed by atoms with E-state index in [0.29, 0.717) is 12.8 Å². The van der Waals surface area contributed by atoms with Gasteiger partial charge in [-0.2, -0.15) is 0 Å². The average Bonchev–Trinajstić information content (AvgIpc) is 3.48. The van der Waals surface area contributed by atoms with Crippen LogP contribution in [0.25, 0.3) is 10.4 Å². The number of hydrogen-bond acceptors (Lipinski definition) is 7. The Labute approximate surface area is 243 Å². The highest BCUT2D eigenvalue weighted by molar-refractivity contribution is 7.13. The Bertz CT molecular complexity index is 1280. The lowest BCUT2D eigenvalue weighted by Gasteiger charge is -2.39. The Morgan fingerprint density at radius 1 is 1.05 bits per heavy atom. The number of likely N-dealkylation sites (tertiary alicyclic amines) is 1. The monoisotopic (exact) mass is 585 g/mol. The maximum Gasteiger partial charge on any atom is 0.404 e. The van der Waals surface area contributed by atoms with Gasteiger partial charge in [-0.1, -0.05) is 45.0 Å². The molecular formula is C29H39N5O6S. The van der Waals surface area contributed by atoms with Crippen LogP contribution in [0.4, 0.5) is 4.79 Å². The molecule has 222 valence electrons. The summed E-state index contributed by atoms with van der Waals surface area (Å²) in [7, 11) is 0. The molecule has 1 saturated carbocycles. The third-order valence-corrected chi connectivity index (χ3v) is 8.86.